The molecule has 23 nitrogen and oxygen atoms in total. The summed E-state index contributed by atoms with van der Waals surface area (Å²) in [6.07, 6.45) is 0.121. The van der Waals surface area contributed by atoms with Crippen LogP contribution < -0.4 is 47.3 Å². The third-order valence-corrected chi connectivity index (χ3v) is 24.9. The van der Waals surface area contributed by atoms with E-state index in [4.69, 9.17) is 71.1 Å². The van der Waals surface area contributed by atoms with Gasteiger partial charge in [-0.05, 0) is 276 Å². The summed E-state index contributed by atoms with van der Waals surface area (Å²) in [6.45, 7) is 36.4. The Morgan fingerprint density at radius 3 is 1.37 bits per heavy atom. The molecule has 26 heteroatoms. The Morgan fingerprint density at radius 1 is 0.420 bits per heavy atom. The number of benzene rings is 12. The predicted molar refractivity (Wildman–Crippen MR) is 499 cm³/mol. The molecular formula is C105H105Br2LiO23. The van der Waals surface area contributed by atoms with Crippen LogP contribution in [0.15, 0.2) is 155 Å². The third-order valence-electron chi connectivity index (χ3n) is 23.5. The summed E-state index contributed by atoms with van der Waals surface area (Å²) in [5.74, 6) is 1.68. The maximum Gasteiger partial charge on any atom is 1.00 e. The van der Waals surface area contributed by atoms with Crippen LogP contribution in [-0.4, -0.2) is 119 Å². The van der Waals surface area contributed by atoms with Gasteiger partial charge in [-0.3, -0.25) is 9.59 Å². The summed E-state index contributed by atoms with van der Waals surface area (Å²) < 4.78 is 83.2. The van der Waals surface area contributed by atoms with E-state index in [9.17, 15) is 39.3 Å². The van der Waals surface area contributed by atoms with Gasteiger partial charge in [0.25, 0.3) is 0 Å². The van der Waals surface area contributed by atoms with Gasteiger partial charge in [-0.2, -0.15) is 29.3 Å². The summed E-state index contributed by atoms with van der Waals surface area (Å²) in [7, 11) is 0. The van der Waals surface area contributed by atoms with Crippen LogP contribution in [0.3, 0.4) is 0 Å². The fraction of sp³-hybridized carbons (Fsp3) is 0.305. The number of esters is 3. The quantitative estimate of drug-likeness (QED) is 0.0318. The summed E-state index contributed by atoms with van der Waals surface area (Å²) in [6, 6.07) is 49.1. The van der Waals surface area contributed by atoms with Crippen molar-refractivity contribution in [2.24, 2.45) is 0 Å². The topological polar surface area (TPSA) is 284 Å². The van der Waals surface area contributed by atoms with Crippen LogP contribution in [-0.2, 0) is 49.2 Å². The molecule has 7 aliphatic heterocycles. The molecule has 131 heavy (non-hydrogen) atoms. The summed E-state index contributed by atoms with van der Waals surface area (Å²) in [5, 5.41) is 35.5. The van der Waals surface area contributed by atoms with Crippen LogP contribution in [0.1, 0.15) is 202 Å². The fourth-order valence-corrected chi connectivity index (χ4v) is 16.5. The van der Waals surface area contributed by atoms with Gasteiger partial charge in [0.2, 0.25) is 20.4 Å². The third kappa shape index (κ3) is 22.5. The molecule has 3 fully saturated rings. The average molecular weight is 1900 g/mol. The molecule has 0 bridgehead atoms. The van der Waals surface area contributed by atoms with E-state index in [0.29, 0.717) is 113 Å². The first kappa shape index (κ1) is 98.6. The van der Waals surface area contributed by atoms with E-state index in [0.717, 1.165) is 116 Å². The van der Waals surface area contributed by atoms with Crippen LogP contribution in [0, 0.1) is 103 Å². The minimum atomic E-state index is -0.796. The van der Waals surface area contributed by atoms with E-state index in [-0.39, 0.29) is 94.3 Å². The number of cyclic esters (lactones) is 1. The number of carbonyl (C=O) groups is 5. The number of phenols is 2. The molecule has 1 unspecified atom stereocenters. The van der Waals surface area contributed by atoms with Gasteiger partial charge >= 0.3 is 36.8 Å². The zero-order valence-corrected chi connectivity index (χ0v) is 79.7. The van der Waals surface area contributed by atoms with Crippen molar-refractivity contribution in [2.75, 3.05) is 73.2 Å². The van der Waals surface area contributed by atoms with Crippen LogP contribution >= 0.6 is 31.9 Å². The largest absolute Gasteiger partial charge is 1.00 e. The smallest absolute Gasteiger partial charge is 0.507 e. The molecule has 0 aromatic heterocycles. The number of hydrogen-bond donors (Lipinski definition) is 3. The van der Waals surface area contributed by atoms with Crippen molar-refractivity contribution in [3.8, 4) is 68.2 Å². The number of ether oxygens (including phenoxy) is 15. The summed E-state index contributed by atoms with van der Waals surface area (Å²) in [4.78, 5) is 59.3. The van der Waals surface area contributed by atoms with E-state index in [1.54, 1.807) is 38.1 Å². The zero-order chi connectivity index (χ0) is 93.1. The Labute approximate surface area is 791 Å². The number of aliphatic hydroxyl groups excluding tert-OH is 1. The number of aldehydes is 2. The Morgan fingerprint density at radius 2 is 0.847 bits per heavy atom. The SMILES string of the molecule is CCOC(=O)c1c(C(=O)OCC)c(-c2ccc3c(c2)OCO3)c2cc(C)c(C)cc2c1O.Cc1c[c-]c(C2OCCO2)cc1C.Cc1cc(Br)c(C2OCCO2)cc1C.Cc1cc(Br)c(C=O)cc1C.Cc1cc(C2OCCO2)c(C(O)c2ccc3c(c2)OCO3)cc1C.Cc1cc2c(O)c3c(c(-c4ccc5c(c4)OCO5)c2cc1C)C(=O)OC3.Cc1ccc(C=O)cc1C.[Li+]. The van der Waals surface area contributed by atoms with Crippen molar-refractivity contribution in [1.82, 2.24) is 0 Å². The minimum Gasteiger partial charge on any atom is -0.507 e. The van der Waals surface area contributed by atoms with Crippen LogP contribution in [0.5, 0.6) is 46.0 Å². The number of aromatic hydroxyl groups is 2. The second kappa shape index (κ2) is 44.2. The number of fused-ring (bicyclic) bond motifs is 6. The van der Waals surface area contributed by atoms with Gasteiger partial charge < -0.3 is 86.4 Å². The maximum atomic E-state index is 13.2. The Kier molecular flexibility index (Phi) is 33.3. The predicted octanol–water partition coefficient (Wildman–Crippen LogP) is 19.6. The Balaban J connectivity index is 0.000000143. The number of rotatable bonds is 13. The van der Waals surface area contributed by atoms with Crippen LogP contribution in [0.2, 0.25) is 0 Å². The summed E-state index contributed by atoms with van der Waals surface area (Å²) in [5.41, 5.74) is 25.5. The molecule has 7 aliphatic rings. The second-order valence-corrected chi connectivity index (χ2v) is 33.9. The molecular weight excluding hydrogens is 1800 g/mol. The molecule has 19 rings (SSSR count). The molecule has 0 amide bonds. The number of aliphatic hydroxyl groups is 1. The first-order chi connectivity index (χ1) is 62.4. The fourth-order valence-electron chi connectivity index (χ4n) is 15.3. The molecule has 12 aromatic rings. The van der Waals surface area contributed by atoms with Crippen molar-refractivity contribution in [1.29, 1.82) is 0 Å². The van der Waals surface area contributed by atoms with Gasteiger partial charge in [-0.15, -0.1) is 5.56 Å². The van der Waals surface area contributed by atoms with Crippen molar-refractivity contribution < 1.29 is 129 Å². The number of hydrogen-bond acceptors (Lipinski definition) is 23. The maximum absolute atomic E-state index is 13.2. The van der Waals surface area contributed by atoms with Crippen molar-refractivity contribution in [3.63, 3.8) is 0 Å². The second-order valence-electron chi connectivity index (χ2n) is 32.2. The molecule has 12 aromatic carbocycles. The van der Waals surface area contributed by atoms with Crippen molar-refractivity contribution >= 4 is 83.9 Å². The monoisotopic (exact) mass is 1900 g/mol. The average Bonchev–Trinajstić information content (AvgIpc) is 1.60. The number of aryl methyl sites for hydroxylation is 14. The number of carbonyl (C=O) groups excluding carboxylic acids is 5. The normalized spacial score (nSPS) is 14.4. The molecule has 3 saturated heterocycles. The first-order valence-corrected chi connectivity index (χ1v) is 44.3. The van der Waals surface area contributed by atoms with Gasteiger partial charge in [-0.25, -0.2) is 14.4 Å². The Bertz CT molecular complexity index is 6300. The molecule has 678 valence electrons. The molecule has 0 spiro atoms. The number of halogens is 2. The molecule has 0 saturated carbocycles. The van der Waals surface area contributed by atoms with Gasteiger partial charge in [-0.1, -0.05) is 100 Å². The van der Waals surface area contributed by atoms with E-state index < -0.39 is 30.3 Å². The molecule has 1 atom stereocenters. The first-order valence-electron chi connectivity index (χ1n) is 42.7. The standard InChI is InChI=1S/C25H24O7.C21H16O5.C19H20O5.C11H13BrO2.C11H13O2.C9H9BrO.C9H10O.Li/c1-5-29-24(27)21-20(15-7-8-18-19(11-15)32-12-31-18)16-9-13(3)14(4)10-17(16)23(26)22(21)25(28)30-6-2;1-10-5-13-14(6-11(10)2)20(22)15-8-24-21(23)19(15)18(13)12-3-4-16-17(7-12)26-9-25-16;1-11-7-14(15(8-12(11)2)19-21-5-6-22-19)18(20)13-3-4-16-17(9-13)24-10-23-16;1-7-5-9(10(12)6-8(7)2)11-13-3-4-14-11;1-8-3-4-10(7-9(8)2)11-12-5-6-13-11;1-6-3-8(5-11)9(10)4-7(6)2;1-7-3-4-9(6-10)5-8(7)2;/h7-11,26H,5-6,12H2,1-4H3;3-7,22H,8-9H2,1-2H3;3-4,7-9,18-20H,5-6,10H2,1-2H3;5-6,11H,3-4H2,1-2H3;3,7,11H,5-6H2,1-2H3;3-5H,1-2H3;3-6H,1-2H3;/q;;;;-1;;;+1. The Hall–Kier alpha value is -11.4. The zero-order valence-electron chi connectivity index (χ0n) is 76.6. The van der Waals surface area contributed by atoms with Gasteiger partial charge in [0, 0.05) is 58.7 Å². The van der Waals surface area contributed by atoms with Gasteiger partial charge in [0.15, 0.2) is 59.7 Å². The number of phenolic OH excluding ortho intramolecular Hbond substituents is 2. The molecule has 3 N–H and O–H groups in total. The van der Waals surface area contributed by atoms with E-state index in [1.165, 1.54) is 38.9 Å². The van der Waals surface area contributed by atoms with Gasteiger partial charge in [0.05, 0.1) is 64.0 Å². The molecule has 7 heterocycles. The van der Waals surface area contributed by atoms with Gasteiger partial charge in [0.1, 0.15) is 36.1 Å². The summed E-state index contributed by atoms with van der Waals surface area (Å²) >= 11 is 6.84. The van der Waals surface area contributed by atoms with Crippen LogP contribution in [0.4, 0.5) is 0 Å². The minimum absolute atomic E-state index is 0. The van der Waals surface area contributed by atoms with E-state index in [2.05, 4.69) is 83.8 Å². The molecule has 0 aliphatic carbocycles. The van der Waals surface area contributed by atoms with E-state index in [1.807, 2.05) is 172 Å². The van der Waals surface area contributed by atoms with Crippen molar-refractivity contribution in [3.05, 3.63) is 300 Å². The van der Waals surface area contributed by atoms with Crippen LogP contribution in [0.25, 0.3) is 43.8 Å². The van der Waals surface area contributed by atoms with E-state index >= 15 is 0 Å². The molecule has 0 radical (unpaired) electrons. The van der Waals surface area contributed by atoms with Crippen molar-refractivity contribution in [2.45, 2.75) is 142 Å².